The molecule has 19 heavy (non-hydrogen) atoms. The van der Waals surface area contributed by atoms with Gasteiger partial charge in [-0.05, 0) is 12.3 Å². The summed E-state index contributed by atoms with van der Waals surface area (Å²) in [5, 5.41) is 32.6. The highest BCUT2D eigenvalue weighted by molar-refractivity contribution is 5.61. The Kier molecular flexibility index (Phi) is 15.4. The first-order valence-electron chi connectivity index (χ1n) is 5.81. The van der Waals surface area contributed by atoms with E-state index >= 15 is 0 Å². The molecule has 0 fully saturated rings. The van der Waals surface area contributed by atoms with Crippen LogP contribution in [0.5, 0.6) is 0 Å². The number of aliphatic hydroxyl groups is 2. The van der Waals surface area contributed by atoms with E-state index in [4.69, 9.17) is 30.0 Å². The van der Waals surface area contributed by atoms with Crippen LogP contribution in [0.4, 0.5) is 9.59 Å². The Morgan fingerprint density at radius 1 is 1.05 bits per heavy atom. The lowest BCUT2D eigenvalue weighted by molar-refractivity contribution is 0.00527. The molecule has 8 N–H and O–H groups in total. The van der Waals surface area contributed by atoms with Gasteiger partial charge in [0.1, 0.15) is 0 Å². The number of carbonyl (C=O) groups is 2. The predicted octanol–water partition coefficient (Wildman–Crippen LogP) is 0.660. The lowest BCUT2D eigenvalue weighted by atomic mass is 9.74. The summed E-state index contributed by atoms with van der Waals surface area (Å²) in [4.78, 5) is 17.6. The summed E-state index contributed by atoms with van der Waals surface area (Å²) >= 11 is 0. The Morgan fingerprint density at radius 3 is 1.37 bits per heavy atom. The topological polar surface area (TPSA) is 167 Å². The molecule has 0 aliphatic heterocycles. The van der Waals surface area contributed by atoms with E-state index in [0.717, 1.165) is 12.8 Å². The second-order valence-electron chi connectivity index (χ2n) is 4.02. The first kappa shape index (κ1) is 22.6. The maximum absolute atomic E-state index is 9.12. The summed E-state index contributed by atoms with van der Waals surface area (Å²) in [5.74, 6) is 0.391. The Morgan fingerprint density at radius 2 is 1.32 bits per heavy atom. The van der Waals surface area contributed by atoms with Gasteiger partial charge in [0.15, 0.2) is 0 Å². The van der Waals surface area contributed by atoms with E-state index in [2.05, 4.69) is 25.3 Å². The van der Waals surface area contributed by atoms with Crippen molar-refractivity contribution in [1.82, 2.24) is 0 Å². The third kappa shape index (κ3) is 14.4. The molecule has 8 nitrogen and oxygen atoms in total. The van der Waals surface area contributed by atoms with Crippen molar-refractivity contribution in [1.29, 1.82) is 0 Å². The highest BCUT2D eigenvalue weighted by atomic mass is 16.4. The van der Waals surface area contributed by atoms with E-state index in [1.54, 1.807) is 0 Å². The lowest BCUT2D eigenvalue weighted by Gasteiger charge is -2.34. The molecule has 8 heteroatoms. The Hall–Kier alpha value is -1.54. The minimum Gasteiger partial charge on any atom is -0.465 e. The van der Waals surface area contributed by atoms with Gasteiger partial charge in [0, 0.05) is 5.41 Å². The van der Waals surface area contributed by atoms with E-state index in [9.17, 15) is 0 Å². The fraction of sp³-hybridized carbons (Fsp3) is 0.818. The van der Waals surface area contributed by atoms with Gasteiger partial charge < -0.3 is 31.9 Å². The second kappa shape index (κ2) is 12.9. The number of rotatable bonds is 5. The number of nitrogens with two attached hydrogens (primary N) is 2. The molecule has 0 bridgehead atoms. The molecule has 0 saturated carbocycles. The molecule has 0 rings (SSSR count). The zero-order valence-electron chi connectivity index (χ0n) is 11.7. The van der Waals surface area contributed by atoms with Gasteiger partial charge in [-0.25, -0.2) is 9.59 Å². The van der Waals surface area contributed by atoms with Crippen molar-refractivity contribution in [3.63, 3.8) is 0 Å². The van der Waals surface area contributed by atoms with Gasteiger partial charge in [0.2, 0.25) is 0 Å². The van der Waals surface area contributed by atoms with E-state index in [1.165, 1.54) is 0 Å². The minimum absolute atomic E-state index is 0.0923. The maximum atomic E-state index is 9.12. The van der Waals surface area contributed by atoms with Crippen LogP contribution in [0.1, 0.15) is 33.6 Å². The van der Waals surface area contributed by atoms with Crippen molar-refractivity contribution < 1.29 is 30.0 Å². The smallest absolute Gasteiger partial charge is 0.402 e. The molecule has 0 spiro atoms. The highest BCUT2D eigenvalue weighted by Crippen LogP contribution is 2.32. The largest absolute Gasteiger partial charge is 0.465 e. The molecule has 0 aromatic carbocycles. The second-order valence-corrected chi connectivity index (χ2v) is 4.02. The number of hydrogen-bond acceptors (Lipinski definition) is 4. The Balaban J connectivity index is -0.000000264. The van der Waals surface area contributed by atoms with Crippen molar-refractivity contribution in [2.24, 2.45) is 22.8 Å². The third-order valence-corrected chi connectivity index (χ3v) is 2.99. The van der Waals surface area contributed by atoms with Crippen LogP contribution in [-0.4, -0.2) is 45.8 Å². The average molecular weight is 282 g/mol. The van der Waals surface area contributed by atoms with Gasteiger partial charge >= 0.3 is 12.2 Å². The van der Waals surface area contributed by atoms with Crippen LogP contribution in [0, 0.1) is 11.3 Å². The fourth-order valence-corrected chi connectivity index (χ4v) is 1.37. The summed E-state index contributed by atoms with van der Waals surface area (Å²) < 4.78 is 0. The van der Waals surface area contributed by atoms with Gasteiger partial charge in [-0.1, -0.05) is 27.2 Å². The summed E-state index contributed by atoms with van der Waals surface area (Å²) in [7, 11) is 0. The zero-order valence-corrected chi connectivity index (χ0v) is 11.7. The van der Waals surface area contributed by atoms with Crippen LogP contribution in [0.3, 0.4) is 0 Å². The monoisotopic (exact) mass is 282 g/mol. The maximum Gasteiger partial charge on any atom is 0.402 e. The number of amides is 2. The van der Waals surface area contributed by atoms with Gasteiger partial charge in [-0.3, -0.25) is 0 Å². The Bertz CT molecular complexity index is 215. The third-order valence-electron chi connectivity index (χ3n) is 2.99. The van der Waals surface area contributed by atoms with E-state index in [-0.39, 0.29) is 18.6 Å². The lowest BCUT2D eigenvalue weighted by Crippen LogP contribution is -2.35. The van der Waals surface area contributed by atoms with Crippen molar-refractivity contribution in [2.75, 3.05) is 13.2 Å². The van der Waals surface area contributed by atoms with Crippen LogP contribution in [0.25, 0.3) is 0 Å². The molecule has 2 amide bonds. The molecule has 1 atom stereocenters. The molecule has 0 aromatic heterocycles. The van der Waals surface area contributed by atoms with Crippen LogP contribution >= 0.6 is 0 Å². The van der Waals surface area contributed by atoms with Crippen LogP contribution in [0.15, 0.2) is 0 Å². The molecular formula is C11H26N2O6. The summed E-state index contributed by atoms with van der Waals surface area (Å²) in [5.41, 5.74) is 7.80. The van der Waals surface area contributed by atoms with Crippen molar-refractivity contribution >= 4 is 12.2 Å². The molecule has 1 unspecified atom stereocenters. The fourth-order valence-electron chi connectivity index (χ4n) is 1.37. The van der Waals surface area contributed by atoms with E-state index in [1.807, 2.05) is 6.92 Å². The highest BCUT2D eigenvalue weighted by Gasteiger charge is 2.31. The van der Waals surface area contributed by atoms with Crippen LogP contribution in [0.2, 0.25) is 0 Å². The van der Waals surface area contributed by atoms with Crippen molar-refractivity contribution in [3.05, 3.63) is 0 Å². The molecule has 0 aromatic rings. The van der Waals surface area contributed by atoms with Crippen molar-refractivity contribution in [3.8, 4) is 0 Å². The zero-order chi connectivity index (χ0) is 16.1. The van der Waals surface area contributed by atoms with Gasteiger partial charge in [0.25, 0.3) is 0 Å². The minimum atomic E-state index is -1.33. The number of carboxylic acid groups (broad SMARTS) is 2. The van der Waals surface area contributed by atoms with Gasteiger partial charge in [-0.15, -0.1) is 0 Å². The quantitative estimate of drug-likeness (QED) is 0.433. The summed E-state index contributed by atoms with van der Waals surface area (Å²) in [6, 6.07) is 0. The SMILES string of the molecule is CCC(C)C(CC)(CO)CO.NC(=O)O.NC(=O)O. The summed E-state index contributed by atoms with van der Waals surface area (Å²) in [6.07, 6.45) is -0.816. The molecule has 0 heterocycles. The molecule has 0 aliphatic carbocycles. The first-order chi connectivity index (χ1) is 8.63. The van der Waals surface area contributed by atoms with Crippen LogP contribution in [-0.2, 0) is 0 Å². The van der Waals surface area contributed by atoms with Gasteiger partial charge in [0.05, 0.1) is 13.2 Å². The van der Waals surface area contributed by atoms with Crippen molar-refractivity contribution in [2.45, 2.75) is 33.6 Å². The molecule has 116 valence electrons. The number of primary amides is 2. The molecule has 0 radical (unpaired) electrons. The Labute approximate surface area is 113 Å². The average Bonchev–Trinajstić information content (AvgIpc) is 2.30. The first-order valence-corrected chi connectivity index (χ1v) is 5.81. The molecule has 0 aliphatic rings. The predicted molar refractivity (Wildman–Crippen MR) is 70.8 cm³/mol. The number of hydrogen-bond donors (Lipinski definition) is 6. The normalized spacial score (nSPS) is 11.2. The summed E-state index contributed by atoms with van der Waals surface area (Å²) in [6.45, 7) is 6.36. The van der Waals surface area contributed by atoms with E-state index < -0.39 is 12.2 Å². The number of aliphatic hydroxyl groups excluding tert-OH is 2. The van der Waals surface area contributed by atoms with Gasteiger partial charge in [-0.2, -0.15) is 0 Å². The molecule has 0 saturated heterocycles. The van der Waals surface area contributed by atoms with Crippen LogP contribution < -0.4 is 11.5 Å². The standard InChI is InChI=1S/C9H20O2.2CH3NO2/c1-4-8(3)9(5-2,6-10)7-11;2*2-1(3)4/h8,10-11H,4-7H2,1-3H3;2*2H2,(H,3,4). The van der Waals surface area contributed by atoms with E-state index in [0.29, 0.717) is 5.92 Å². The molecular weight excluding hydrogens is 256 g/mol.